The molecule has 2 unspecified atom stereocenters. The number of nitrogens with zero attached hydrogens (tertiary/aromatic N) is 4. The quantitative estimate of drug-likeness (QED) is 0.470. The monoisotopic (exact) mass is 536 g/mol. The predicted octanol–water partition coefficient (Wildman–Crippen LogP) is 5.28. The molecule has 3 aromatic rings. The number of aromatic nitrogens is 2. The van der Waals surface area contributed by atoms with Crippen molar-refractivity contribution in [1.29, 1.82) is 0 Å². The number of halogens is 2. The van der Waals surface area contributed by atoms with Gasteiger partial charge in [0, 0.05) is 24.7 Å². The SMILES string of the molecule is CC(C)(C)OC(=O)N1C2CCC1CN(c1nc3c(OC(F)(F)C(C)(C)O)ccc(-c4nccs4)c3o1)C2. The summed E-state index contributed by atoms with van der Waals surface area (Å²) < 4.78 is 46.0. The minimum absolute atomic E-state index is 0.0858. The number of benzene rings is 1. The molecule has 37 heavy (non-hydrogen) atoms. The number of alkyl halides is 2. The van der Waals surface area contributed by atoms with Gasteiger partial charge in [-0.05, 0) is 59.6 Å². The second-order valence-electron chi connectivity index (χ2n) is 11.0. The molecule has 1 amide bonds. The Hall–Kier alpha value is -2.99. The number of carbonyl (C=O) groups excluding carboxylic acids is 1. The Morgan fingerprint density at radius 1 is 1.16 bits per heavy atom. The smallest absolute Gasteiger partial charge is 0.426 e. The Morgan fingerprint density at radius 3 is 2.41 bits per heavy atom. The molecule has 2 aliphatic heterocycles. The molecule has 2 bridgehead atoms. The van der Waals surface area contributed by atoms with Crippen LogP contribution in [0.25, 0.3) is 21.7 Å². The van der Waals surface area contributed by atoms with Crippen molar-refractivity contribution in [3.05, 3.63) is 23.7 Å². The molecule has 0 radical (unpaired) electrons. The largest absolute Gasteiger partial charge is 0.444 e. The first kappa shape index (κ1) is 25.7. The number of carbonyl (C=O) groups is 1. The summed E-state index contributed by atoms with van der Waals surface area (Å²) in [5.41, 5.74) is -2.05. The molecule has 9 nitrogen and oxygen atoms in total. The maximum atomic E-state index is 14.6. The van der Waals surface area contributed by atoms with Gasteiger partial charge >= 0.3 is 12.2 Å². The number of thiazole rings is 1. The number of hydrogen-bond acceptors (Lipinski definition) is 9. The molecule has 2 aromatic heterocycles. The van der Waals surface area contributed by atoms with Crippen molar-refractivity contribution in [2.24, 2.45) is 0 Å². The summed E-state index contributed by atoms with van der Waals surface area (Å²) in [5.74, 6) is -0.215. The number of fused-ring (bicyclic) bond motifs is 3. The first-order valence-electron chi connectivity index (χ1n) is 12.1. The maximum absolute atomic E-state index is 14.6. The topological polar surface area (TPSA) is 101 Å². The van der Waals surface area contributed by atoms with Crippen LogP contribution >= 0.6 is 11.3 Å². The number of hydrogen-bond donors (Lipinski definition) is 1. The zero-order valence-corrected chi connectivity index (χ0v) is 22.1. The fourth-order valence-electron chi connectivity index (χ4n) is 4.65. The van der Waals surface area contributed by atoms with Crippen LogP contribution in [0.15, 0.2) is 28.1 Å². The van der Waals surface area contributed by atoms with E-state index in [0.717, 1.165) is 26.7 Å². The highest BCUT2D eigenvalue weighted by atomic mass is 32.1. The summed E-state index contributed by atoms with van der Waals surface area (Å²) in [4.78, 5) is 25.4. The summed E-state index contributed by atoms with van der Waals surface area (Å²) in [6.07, 6.45) is -0.939. The Bertz CT molecular complexity index is 1280. The molecule has 2 saturated heterocycles. The normalized spacial score (nSPS) is 20.5. The van der Waals surface area contributed by atoms with Gasteiger partial charge in [0.25, 0.3) is 6.01 Å². The van der Waals surface area contributed by atoms with Crippen LogP contribution in [0.1, 0.15) is 47.5 Å². The summed E-state index contributed by atoms with van der Waals surface area (Å²) >= 11 is 1.38. The average molecular weight is 537 g/mol. The molecule has 0 saturated carbocycles. The third-order valence-electron chi connectivity index (χ3n) is 6.47. The first-order valence-corrected chi connectivity index (χ1v) is 13.0. The summed E-state index contributed by atoms with van der Waals surface area (Å²) in [5, 5.41) is 12.4. The zero-order chi connectivity index (χ0) is 26.8. The molecule has 0 aliphatic carbocycles. The van der Waals surface area contributed by atoms with Crippen LogP contribution in [0.5, 0.6) is 5.75 Å². The van der Waals surface area contributed by atoms with Gasteiger partial charge in [-0.2, -0.15) is 13.8 Å². The van der Waals surface area contributed by atoms with Crippen LogP contribution in [0, 0.1) is 0 Å². The highest BCUT2D eigenvalue weighted by Crippen LogP contribution is 2.42. The molecule has 2 fully saturated rings. The molecule has 5 rings (SSSR count). The fraction of sp³-hybridized carbons (Fsp3) is 0.560. The standard InChI is InChI=1S/C25H30F2N4O5S/c1-23(2,3)36-22(32)31-14-6-7-15(31)13-30(12-14)21-29-18-17(35-25(26,27)24(4,5)33)9-8-16(19(18)34-21)20-28-10-11-37-20/h8-11,14-15,33H,6-7,12-13H2,1-5H3. The van der Waals surface area contributed by atoms with E-state index in [2.05, 4.69) is 9.97 Å². The lowest BCUT2D eigenvalue weighted by molar-refractivity contribution is -0.275. The Kier molecular flexibility index (Phi) is 6.10. The van der Waals surface area contributed by atoms with E-state index in [4.69, 9.17) is 13.9 Å². The van der Waals surface area contributed by atoms with E-state index in [9.17, 15) is 18.7 Å². The van der Waals surface area contributed by atoms with Gasteiger partial charge in [0.2, 0.25) is 0 Å². The average Bonchev–Trinajstić information content (AvgIpc) is 3.50. The third-order valence-corrected chi connectivity index (χ3v) is 7.27. The van der Waals surface area contributed by atoms with E-state index < -0.39 is 17.3 Å². The van der Waals surface area contributed by atoms with E-state index in [1.807, 2.05) is 25.7 Å². The van der Waals surface area contributed by atoms with Crippen molar-refractivity contribution >= 4 is 34.5 Å². The van der Waals surface area contributed by atoms with Crippen LogP contribution in [-0.2, 0) is 4.74 Å². The van der Waals surface area contributed by atoms with Crippen molar-refractivity contribution in [2.75, 3.05) is 18.0 Å². The van der Waals surface area contributed by atoms with Gasteiger partial charge in [0.1, 0.15) is 10.6 Å². The number of ether oxygens (including phenoxy) is 2. The van der Waals surface area contributed by atoms with E-state index in [-0.39, 0.29) is 41.0 Å². The summed E-state index contributed by atoms with van der Waals surface area (Å²) in [6.45, 7) is 8.38. The maximum Gasteiger partial charge on any atom is 0.426 e. The Balaban J connectivity index is 1.49. The third kappa shape index (κ3) is 4.84. The van der Waals surface area contributed by atoms with Crippen LogP contribution in [0.3, 0.4) is 0 Å². The van der Waals surface area contributed by atoms with Crippen molar-refractivity contribution in [3.8, 4) is 16.3 Å². The van der Waals surface area contributed by atoms with Crippen molar-refractivity contribution in [1.82, 2.24) is 14.9 Å². The second kappa shape index (κ2) is 8.80. The van der Waals surface area contributed by atoms with Crippen LogP contribution in [-0.4, -0.2) is 68.6 Å². The number of oxazole rings is 1. The molecule has 2 aliphatic rings. The van der Waals surface area contributed by atoms with E-state index in [0.29, 0.717) is 23.7 Å². The molecule has 12 heteroatoms. The number of anilines is 1. The molecular formula is C25H30F2N4O5S. The number of amides is 1. The Labute approximate surface area is 217 Å². The molecule has 2 atom stereocenters. The fourth-order valence-corrected chi connectivity index (χ4v) is 5.31. The van der Waals surface area contributed by atoms with Crippen molar-refractivity contribution < 1.29 is 32.6 Å². The van der Waals surface area contributed by atoms with Gasteiger partial charge in [0.05, 0.1) is 17.6 Å². The zero-order valence-electron chi connectivity index (χ0n) is 21.3. The molecule has 1 N–H and O–H groups in total. The predicted molar refractivity (Wildman–Crippen MR) is 134 cm³/mol. The van der Waals surface area contributed by atoms with Crippen LogP contribution < -0.4 is 9.64 Å². The lowest BCUT2D eigenvalue weighted by atomic mass is 10.1. The highest BCUT2D eigenvalue weighted by Gasteiger charge is 2.49. The van der Waals surface area contributed by atoms with Crippen LogP contribution in [0.4, 0.5) is 19.6 Å². The summed E-state index contributed by atoms with van der Waals surface area (Å²) in [6, 6.07) is 3.05. The molecular weight excluding hydrogens is 506 g/mol. The highest BCUT2D eigenvalue weighted by molar-refractivity contribution is 7.13. The summed E-state index contributed by atoms with van der Waals surface area (Å²) in [7, 11) is 0. The number of piperazine rings is 1. The van der Waals surface area contributed by atoms with Crippen LogP contribution in [0.2, 0.25) is 0 Å². The van der Waals surface area contributed by atoms with E-state index in [1.54, 1.807) is 22.5 Å². The molecule has 1 aromatic carbocycles. The molecule has 200 valence electrons. The first-order chi connectivity index (χ1) is 17.2. The van der Waals surface area contributed by atoms with E-state index in [1.165, 1.54) is 17.4 Å². The van der Waals surface area contributed by atoms with Gasteiger partial charge < -0.3 is 23.9 Å². The van der Waals surface area contributed by atoms with Gasteiger partial charge in [0.15, 0.2) is 22.5 Å². The number of rotatable bonds is 5. The van der Waals surface area contributed by atoms with Gasteiger partial charge in [-0.25, -0.2) is 9.78 Å². The van der Waals surface area contributed by atoms with Gasteiger partial charge in [-0.15, -0.1) is 11.3 Å². The number of aliphatic hydroxyl groups is 1. The van der Waals surface area contributed by atoms with Gasteiger partial charge in [-0.1, -0.05) is 0 Å². The van der Waals surface area contributed by atoms with E-state index >= 15 is 0 Å². The molecule has 0 spiro atoms. The van der Waals surface area contributed by atoms with Gasteiger partial charge in [-0.3, -0.25) is 4.90 Å². The lowest BCUT2D eigenvalue weighted by Gasteiger charge is -2.40. The molecule has 4 heterocycles. The van der Waals surface area contributed by atoms with Crippen molar-refractivity contribution in [3.63, 3.8) is 0 Å². The lowest BCUT2D eigenvalue weighted by Crippen LogP contribution is -2.56. The minimum Gasteiger partial charge on any atom is -0.444 e. The van der Waals surface area contributed by atoms with Crippen molar-refractivity contribution in [2.45, 2.75) is 76.9 Å². The Morgan fingerprint density at radius 2 is 1.84 bits per heavy atom. The minimum atomic E-state index is -3.88. The second-order valence-corrected chi connectivity index (χ2v) is 11.9.